The molecule has 0 radical (unpaired) electrons. The second kappa shape index (κ2) is 8.34. The van der Waals surface area contributed by atoms with Gasteiger partial charge in [-0.25, -0.2) is 9.59 Å². The van der Waals surface area contributed by atoms with Crippen molar-refractivity contribution in [3.05, 3.63) is 63.6 Å². The molecule has 0 bridgehead atoms. The molecule has 5 N–H and O–H groups in total. The molecule has 0 spiro atoms. The predicted molar refractivity (Wildman–Crippen MR) is 113 cm³/mol. The van der Waals surface area contributed by atoms with Gasteiger partial charge >= 0.3 is 12.1 Å². The summed E-state index contributed by atoms with van der Waals surface area (Å²) in [7, 11) is 0. The minimum atomic E-state index is -0.577. The molecule has 3 amide bonds. The van der Waals surface area contributed by atoms with Crippen LogP contribution in [-0.4, -0.2) is 37.0 Å². The van der Waals surface area contributed by atoms with E-state index >= 15 is 0 Å². The Morgan fingerprint density at radius 2 is 2.10 bits per heavy atom. The number of halogens is 1. The first-order valence-electron chi connectivity index (χ1n) is 9.14. The van der Waals surface area contributed by atoms with Crippen molar-refractivity contribution < 1.29 is 24.3 Å². The van der Waals surface area contributed by atoms with Crippen molar-refractivity contribution in [2.75, 3.05) is 24.7 Å². The lowest BCUT2D eigenvalue weighted by Gasteiger charge is -2.38. The summed E-state index contributed by atoms with van der Waals surface area (Å²) < 4.78 is 5.78. The lowest BCUT2D eigenvalue weighted by molar-refractivity contribution is 0.125. The Morgan fingerprint density at radius 1 is 1.30 bits per heavy atom. The summed E-state index contributed by atoms with van der Waals surface area (Å²) in [5, 5.41) is 14.8. The van der Waals surface area contributed by atoms with Crippen LogP contribution in [0.2, 0.25) is 0 Å². The maximum Gasteiger partial charge on any atom is 0.414 e. The SMILES string of the molecule is NOc1ccc(C2NC(=O)NC3=C2CN(C(=O)OCCO)c2ccccc23)cc1Br. The molecular weight excluding hydrogens is 456 g/mol. The van der Waals surface area contributed by atoms with E-state index in [-0.39, 0.29) is 25.8 Å². The molecule has 2 aromatic rings. The maximum absolute atomic E-state index is 12.7. The van der Waals surface area contributed by atoms with E-state index in [0.29, 0.717) is 27.2 Å². The number of carbonyl (C=O) groups is 2. The predicted octanol–water partition coefficient (Wildman–Crippen LogP) is 2.42. The van der Waals surface area contributed by atoms with Crippen molar-refractivity contribution in [1.82, 2.24) is 10.6 Å². The molecule has 0 fully saturated rings. The number of anilines is 1. The zero-order chi connectivity index (χ0) is 21.3. The fraction of sp³-hybridized carbons (Fsp3) is 0.200. The number of ether oxygens (including phenoxy) is 1. The van der Waals surface area contributed by atoms with Gasteiger partial charge in [0, 0.05) is 11.1 Å². The number of aliphatic hydroxyl groups is 1. The van der Waals surface area contributed by atoms with Gasteiger partial charge in [-0.2, -0.15) is 5.90 Å². The molecule has 10 heteroatoms. The van der Waals surface area contributed by atoms with E-state index < -0.39 is 12.1 Å². The number of benzene rings is 2. The quantitative estimate of drug-likeness (QED) is 0.504. The lowest BCUT2D eigenvalue weighted by Crippen LogP contribution is -2.49. The van der Waals surface area contributed by atoms with Crippen molar-refractivity contribution in [3.8, 4) is 5.75 Å². The third kappa shape index (κ3) is 3.60. The number of nitrogens with zero attached hydrogens (tertiary/aromatic N) is 1. The summed E-state index contributed by atoms with van der Waals surface area (Å²) in [4.78, 5) is 31.4. The topological polar surface area (TPSA) is 126 Å². The third-order valence-corrected chi connectivity index (χ3v) is 5.55. The molecule has 2 aliphatic rings. The highest BCUT2D eigenvalue weighted by atomic mass is 79.9. The van der Waals surface area contributed by atoms with E-state index in [1.807, 2.05) is 12.1 Å². The number of nitrogens with two attached hydrogens (primary N) is 1. The molecule has 1 unspecified atom stereocenters. The van der Waals surface area contributed by atoms with E-state index in [2.05, 4.69) is 26.6 Å². The van der Waals surface area contributed by atoms with Crippen LogP contribution >= 0.6 is 15.9 Å². The number of aliphatic hydroxyl groups excluding tert-OH is 1. The Hall–Kier alpha value is -3.08. The van der Waals surface area contributed by atoms with Crippen LogP contribution in [-0.2, 0) is 4.74 Å². The molecule has 30 heavy (non-hydrogen) atoms. The molecule has 0 saturated carbocycles. The molecule has 2 aliphatic heterocycles. The van der Waals surface area contributed by atoms with Gasteiger partial charge in [0.25, 0.3) is 0 Å². The highest BCUT2D eigenvalue weighted by molar-refractivity contribution is 9.10. The Labute approximate surface area is 180 Å². The molecule has 0 aliphatic carbocycles. The van der Waals surface area contributed by atoms with Gasteiger partial charge in [0.2, 0.25) is 0 Å². The molecule has 156 valence electrons. The number of amides is 3. The fourth-order valence-corrected chi connectivity index (χ4v) is 4.12. The number of fused-ring (bicyclic) bond motifs is 2. The van der Waals surface area contributed by atoms with Gasteiger partial charge < -0.3 is 25.3 Å². The number of hydrogen-bond donors (Lipinski definition) is 4. The number of nitrogens with one attached hydrogen (secondary N) is 2. The van der Waals surface area contributed by atoms with Crippen molar-refractivity contribution in [2.45, 2.75) is 6.04 Å². The number of rotatable bonds is 4. The van der Waals surface area contributed by atoms with Crippen LogP contribution < -0.4 is 26.3 Å². The van der Waals surface area contributed by atoms with Crippen LogP contribution in [0, 0.1) is 0 Å². The first kappa shape index (κ1) is 20.2. The second-order valence-electron chi connectivity index (χ2n) is 6.68. The molecule has 9 nitrogen and oxygen atoms in total. The highest BCUT2D eigenvalue weighted by Crippen LogP contribution is 2.41. The molecule has 2 heterocycles. The average molecular weight is 475 g/mol. The zero-order valence-electron chi connectivity index (χ0n) is 15.7. The van der Waals surface area contributed by atoms with E-state index in [0.717, 1.165) is 11.1 Å². The monoisotopic (exact) mass is 474 g/mol. The summed E-state index contributed by atoms with van der Waals surface area (Å²) in [6.07, 6.45) is -0.577. The van der Waals surface area contributed by atoms with Crippen LogP contribution in [0.3, 0.4) is 0 Å². The first-order valence-corrected chi connectivity index (χ1v) is 9.94. The lowest BCUT2D eigenvalue weighted by atomic mass is 9.89. The smallest absolute Gasteiger partial charge is 0.414 e. The van der Waals surface area contributed by atoms with Gasteiger partial charge in [0.1, 0.15) is 6.61 Å². The van der Waals surface area contributed by atoms with Crippen LogP contribution in [0.25, 0.3) is 5.70 Å². The fourth-order valence-electron chi connectivity index (χ4n) is 3.63. The van der Waals surface area contributed by atoms with Gasteiger partial charge in [-0.15, -0.1) is 0 Å². The summed E-state index contributed by atoms with van der Waals surface area (Å²) in [5.41, 5.74) is 3.56. The van der Waals surface area contributed by atoms with Crippen molar-refractivity contribution in [2.24, 2.45) is 5.90 Å². The zero-order valence-corrected chi connectivity index (χ0v) is 17.3. The standard InChI is InChI=1S/C20H19BrN4O5/c21-14-9-11(5-6-16(14)30-22)17-13-10-25(20(28)29-8-7-26)15-4-2-1-3-12(15)18(13)24-19(27)23-17/h1-6,9,17,26H,7-8,10,22H2,(H2,23,24,27). The molecule has 0 aromatic heterocycles. The molecule has 4 rings (SSSR count). The number of urea groups is 1. The van der Waals surface area contributed by atoms with Crippen LogP contribution in [0.15, 0.2) is 52.5 Å². The van der Waals surface area contributed by atoms with Crippen molar-refractivity contribution >= 4 is 39.4 Å². The Morgan fingerprint density at radius 3 is 2.83 bits per heavy atom. The van der Waals surface area contributed by atoms with E-state index in [4.69, 9.17) is 20.6 Å². The van der Waals surface area contributed by atoms with Gasteiger partial charge in [-0.1, -0.05) is 24.3 Å². The third-order valence-electron chi connectivity index (χ3n) is 4.93. The summed E-state index contributed by atoms with van der Waals surface area (Å²) >= 11 is 3.41. The normalized spacial score (nSPS) is 17.5. The molecule has 1 atom stereocenters. The number of carbonyl (C=O) groups excluding carboxylic acids is 2. The van der Waals surface area contributed by atoms with Crippen LogP contribution in [0.1, 0.15) is 17.2 Å². The van der Waals surface area contributed by atoms with E-state index in [9.17, 15) is 9.59 Å². The number of hydrogen-bond acceptors (Lipinski definition) is 6. The summed E-state index contributed by atoms with van der Waals surface area (Å²) in [6.45, 7) is -0.171. The first-order chi connectivity index (χ1) is 14.5. The molecular formula is C20H19BrN4O5. The van der Waals surface area contributed by atoms with Gasteiger partial charge in [0.15, 0.2) is 5.75 Å². The van der Waals surface area contributed by atoms with Crippen LogP contribution in [0.4, 0.5) is 15.3 Å². The Kier molecular flexibility index (Phi) is 5.62. The van der Waals surface area contributed by atoms with E-state index in [1.54, 1.807) is 30.3 Å². The summed E-state index contributed by atoms with van der Waals surface area (Å²) in [6, 6.07) is 11.7. The maximum atomic E-state index is 12.7. The number of para-hydroxylation sites is 1. The van der Waals surface area contributed by atoms with Gasteiger partial charge in [-0.05, 0) is 39.7 Å². The molecule has 0 saturated heterocycles. The van der Waals surface area contributed by atoms with E-state index in [1.165, 1.54) is 4.90 Å². The van der Waals surface area contributed by atoms with Gasteiger partial charge in [0.05, 0.1) is 35.1 Å². The second-order valence-corrected chi connectivity index (χ2v) is 7.54. The largest absolute Gasteiger partial charge is 0.447 e. The van der Waals surface area contributed by atoms with Gasteiger partial charge in [-0.3, -0.25) is 4.90 Å². The van der Waals surface area contributed by atoms with Crippen LogP contribution in [0.5, 0.6) is 5.75 Å². The summed E-state index contributed by atoms with van der Waals surface area (Å²) in [5.74, 6) is 5.71. The Bertz CT molecular complexity index is 1040. The molecule has 2 aromatic carbocycles. The van der Waals surface area contributed by atoms with Crippen molar-refractivity contribution in [3.63, 3.8) is 0 Å². The van der Waals surface area contributed by atoms with Crippen molar-refractivity contribution in [1.29, 1.82) is 0 Å². The minimum Gasteiger partial charge on any atom is -0.447 e. The average Bonchev–Trinajstić information content (AvgIpc) is 2.76. The highest BCUT2D eigenvalue weighted by Gasteiger charge is 2.37. The Balaban J connectivity index is 1.80. The minimum absolute atomic E-state index is 0.102.